The number of ketones is 1. The Morgan fingerprint density at radius 1 is 0.905 bits per heavy atom. The number of Topliss-reactive ketones (excluding diaryl/α,β-unsaturated/α-hetero) is 1. The van der Waals surface area contributed by atoms with Gasteiger partial charge in [0.1, 0.15) is 8.07 Å². The van der Waals surface area contributed by atoms with Gasteiger partial charge in [-0.15, -0.1) is 5.54 Å². The van der Waals surface area contributed by atoms with Gasteiger partial charge in [-0.05, 0) is 35.7 Å². The van der Waals surface area contributed by atoms with Crippen LogP contribution in [0.25, 0.3) is 0 Å². The number of hydrogen-bond acceptors (Lipinski definition) is 1. The second-order valence-electron chi connectivity index (χ2n) is 6.78. The zero-order chi connectivity index (χ0) is 16.2. The Hall–Kier alpha value is -1.33. The third kappa shape index (κ3) is 3.86. The van der Waals surface area contributed by atoms with Crippen molar-refractivity contribution in [2.24, 2.45) is 0 Å². The molecule has 0 heterocycles. The Kier molecular flexibility index (Phi) is 5.98. The fourth-order valence-electron chi connectivity index (χ4n) is 3.40. The fraction of sp³-hybridized carbons (Fsp3) is 0.526. The molecule has 0 aliphatic rings. The molecule has 0 fully saturated rings. The van der Waals surface area contributed by atoms with E-state index in [2.05, 4.69) is 53.0 Å². The molecule has 0 amide bonds. The maximum absolute atomic E-state index is 11.3. The van der Waals surface area contributed by atoms with Gasteiger partial charge >= 0.3 is 0 Å². The molecule has 2 heteroatoms. The van der Waals surface area contributed by atoms with Crippen molar-refractivity contribution in [3.63, 3.8) is 0 Å². The fourth-order valence-corrected chi connectivity index (χ4v) is 8.63. The lowest BCUT2D eigenvalue weighted by molar-refractivity contribution is 0.101. The summed E-state index contributed by atoms with van der Waals surface area (Å²) in [5.41, 5.74) is 7.38. The first kappa shape index (κ1) is 17.7. The molecule has 1 rings (SSSR count). The molecule has 0 atom stereocenters. The minimum Gasteiger partial charge on any atom is -0.295 e. The van der Waals surface area contributed by atoms with Gasteiger partial charge in [0.05, 0.1) is 0 Å². The number of benzene rings is 1. The summed E-state index contributed by atoms with van der Waals surface area (Å²) in [5.74, 6) is 3.50. The summed E-state index contributed by atoms with van der Waals surface area (Å²) < 4.78 is 0. The van der Waals surface area contributed by atoms with Crippen molar-refractivity contribution in [2.75, 3.05) is 0 Å². The summed E-state index contributed by atoms with van der Waals surface area (Å²) in [6, 6.07) is 7.67. The van der Waals surface area contributed by atoms with Gasteiger partial charge in [-0.2, -0.15) is 0 Å². The SMILES string of the molecule is CC(=O)c1ccc(C#C[Si](C(C)C)(C(C)C)C(C)C)cc1. The van der Waals surface area contributed by atoms with Crippen LogP contribution in [0.2, 0.25) is 16.6 Å². The summed E-state index contributed by atoms with van der Waals surface area (Å²) in [6.07, 6.45) is 0. The molecule has 0 saturated heterocycles. The van der Waals surface area contributed by atoms with Crippen molar-refractivity contribution in [1.29, 1.82) is 0 Å². The Morgan fingerprint density at radius 3 is 1.67 bits per heavy atom. The maximum atomic E-state index is 11.3. The van der Waals surface area contributed by atoms with Crippen molar-refractivity contribution < 1.29 is 4.79 Å². The molecule has 0 aromatic heterocycles. The van der Waals surface area contributed by atoms with E-state index in [0.29, 0.717) is 16.6 Å². The minimum absolute atomic E-state index is 0.102. The van der Waals surface area contributed by atoms with Crippen LogP contribution in [0.1, 0.15) is 64.4 Å². The van der Waals surface area contributed by atoms with Crippen LogP contribution in [0.4, 0.5) is 0 Å². The first-order valence-electron chi connectivity index (χ1n) is 7.86. The summed E-state index contributed by atoms with van der Waals surface area (Å²) in [5, 5.41) is 0. The molecule has 1 aromatic carbocycles. The van der Waals surface area contributed by atoms with Crippen molar-refractivity contribution in [3.8, 4) is 11.5 Å². The van der Waals surface area contributed by atoms with E-state index >= 15 is 0 Å². The van der Waals surface area contributed by atoms with Gasteiger partial charge in [-0.25, -0.2) is 0 Å². The van der Waals surface area contributed by atoms with Gasteiger partial charge in [-0.3, -0.25) is 4.79 Å². The number of carbonyl (C=O) groups is 1. The van der Waals surface area contributed by atoms with Crippen LogP contribution in [-0.2, 0) is 0 Å². The molecule has 1 aromatic rings. The zero-order valence-electron chi connectivity index (χ0n) is 14.4. The molecule has 0 radical (unpaired) electrons. The third-order valence-corrected chi connectivity index (χ3v) is 10.9. The van der Waals surface area contributed by atoms with E-state index in [4.69, 9.17) is 0 Å². The number of hydrogen-bond donors (Lipinski definition) is 0. The van der Waals surface area contributed by atoms with E-state index in [1.54, 1.807) is 6.92 Å². The Morgan fingerprint density at radius 2 is 1.33 bits per heavy atom. The van der Waals surface area contributed by atoms with Crippen molar-refractivity contribution in [1.82, 2.24) is 0 Å². The molecule has 0 N–H and O–H groups in total. The van der Waals surface area contributed by atoms with E-state index in [-0.39, 0.29) is 5.78 Å². The van der Waals surface area contributed by atoms with Crippen LogP contribution in [-0.4, -0.2) is 13.9 Å². The van der Waals surface area contributed by atoms with Crippen LogP contribution in [0.3, 0.4) is 0 Å². The highest BCUT2D eigenvalue weighted by molar-refractivity contribution is 6.90. The van der Waals surface area contributed by atoms with Crippen LogP contribution < -0.4 is 0 Å². The summed E-state index contributed by atoms with van der Waals surface area (Å²) in [4.78, 5) is 11.3. The highest BCUT2D eigenvalue weighted by atomic mass is 28.3. The average Bonchev–Trinajstić information content (AvgIpc) is 2.38. The van der Waals surface area contributed by atoms with Crippen LogP contribution >= 0.6 is 0 Å². The van der Waals surface area contributed by atoms with Crippen LogP contribution in [0.5, 0.6) is 0 Å². The molecule has 114 valence electrons. The zero-order valence-corrected chi connectivity index (χ0v) is 15.4. The molecule has 1 nitrogen and oxygen atoms in total. The molecule has 0 unspecified atom stereocenters. The normalized spacial score (nSPS) is 11.7. The lowest BCUT2D eigenvalue weighted by atomic mass is 10.1. The lowest BCUT2D eigenvalue weighted by Crippen LogP contribution is -2.43. The highest BCUT2D eigenvalue weighted by Gasteiger charge is 2.41. The predicted octanol–water partition coefficient (Wildman–Crippen LogP) is 5.46. The molecule has 0 saturated carbocycles. The second-order valence-corrected chi connectivity index (χ2v) is 12.4. The van der Waals surface area contributed by atoms with E-state index < -0.39 is 8.07 Å². The van der Waals surface area contributed by atoms with E-state index in [1.165, 1.54) is 0 Å². The summed E-state index contributed by atoms with van der Waals surface area (Å²) >= 11 is 0. The third-order valence-electron chi connectivity index (χ3n) is 4.58. The monoisotopic (exact) mass is 300 g/mol. The van der Waals surface area contributed by atoms with Gasteiger partial charge in [0.2, 0.25) is 0 Å². The Bertz CT molecular complexity index is 519. The van der Waals surface area contributed by atoms with Gasteiger partial charge in [0.25, 0.3) is 0 Å². The van der Waals surface area contributed by atoms with Gasteiger partial charge in [0.15, 0.2) is 5.78 Å². The molecular weight excluding hydrogens is 272 g/mol. The molecular formula is C19H28OSi. The Labute approximate surface area is 131 Å². The largest absolute Gasteiger partial charge is 0.295 e. The smallest absolute Gasteiger partial charge is 0.159 e. The second kappa shape index (κ2) is 7.09. The van der Waals surface area contributed by atoms with Gasteiger partial charge in [0, 0.05) is 11.1 Å². The topological polar surface area (TPSA) is 17.1 Å². The van der Waals surface area contributed by atoms with Crippen molar-refractivity contribution in [3.05, 3.63) is 35.4 Å². The molecule has 21 heavy (non-hydrogen) atoms. The first-order chi connectivity index (χ1) is 9.71. The van der Waals surface area contributed by atoms with Gasteiger partial charge in [-0.1, -0.05) is 59.6 Å². The highest BCUT2D eigenvalue weighted by Crippen LogP contribution is 2.40. The predicted molar refractivity (Wildman–Crippen MR) is 94.4 cm³/mol. The molecule has 0 aliphatic carbocycles. The summed E-state index contributed by atoms with van der Waals surface area (Å²) in [6.45, 7) is 15.5. The summed E-state index contributed by atoms with van der Waals surface area (Å²) in [7, 11) is -1.67. The molecule has 0 spiro atoms. The Balaban J connectivity index is 3.19. The number of rotatable bonds is 4. The van der Waals surface area contributed by atoms with Crippen molar-refractivity contribution in [2.45, 2.75) is 65.1 Å². The minimum atomic E-state index is -1.67. The maximum Gasteiger partial charge on any atom is 0.159 e. The van der Waals surface area contributed by atoms with E-state index in [0.717, 1.165) is 11.1 Å². The first-order valence-corrected chi connectivity index (χ1v) is 10.1. The average molecular weight is 301 g/mol. The van der Waals surface area contributed by atoms with E-state index in [9.17, 15) is 4.79 Å². The number of carbonyl (C=O) groups excluding carboxylic acids is 1. The van der Waals surface area contributed by atoms with Crippen LogP contribution in [0, 0.1) is 11.5 Å². The quantitative estimate of drug-likeness (QED) is 0.410. The van der Waals surface area contributed by atoms with Gasteiger partial charge < -0.3 is 0 Å². The van der Waals surface area contributed by atoms with E-state index in [1.807, 2.05) is 24.3 Å². The lowest BCUT2D eigenvalue weighted by Gasteiger charge is -2.38. The molecule has 0 bridgehead atoms. The van der Waals surface area contributed by atoms with Crippen LogP contribution in [0.15, 0.2) is 24.3 Å². The van der Waals surface area contributed by atoms with Crippen molar-refractivity contribution >= 4 is 13.9 Å². The molecule has 0 aliphatic heterocycles. The standard InChI is InChI=1S/C19H28OSi/c1-14(2)21(15(3)4,16(5)6)13-12-18-8-10-19(11-9-18)17(7)20/h8-11,14-16H,1-7H3.